The Bertz CT molecular complexity index is 202. The summed E-state index contributed by atoms with van der Waals surface area (Å²) in [7, 11) is 1.41. The van der Waals surface area contributed by atoms with E-state index in [0.29, 0.717) is 6.42 Å². The number of hydrogen-bond acceptors (Lipinski definition) is 2. The summed E-state index contributed by atoms with van der Waals surface area (Å²) >= 11 is 0. The molecule has 21 heavy (non-hydrogen) atoms. The highest BCUT2D eigenvalue weighted by Gasteiger charge is 1.95. The first-order valence-corrected chi connectivity index (χ1v) is 7.87. The van der Waals surface area contributed by atoms with Crippen molar-refractivity contribution in [2.75, 3.05) is 7.11 Å². The van der Waals surface area contributed by atoms with Crippen molar-refractivity contribution in [3.63, 3.8) is 0 Å². The van der Waals surface area contributed by atoms with Crippen LogP contribution < -0.4 is 0 Å². The van der Waals surface area contributed by atoms with Crippen LogP contribution in [0, 0.1) is 0 Å². The number of rotatable bonds is 7. The van der Waals surface area contributed by atoms with Crippen molar-refractivity contribution in [3.05, 3.63) is 38.0 Å². The number of hydrogen-bond donors (Lipinski definition) is 0. The van der Waals surface area contributed by atoms with Crippen molar-refractivity contribution in [2.45, 2.75) is 72.6 Å². The summed E-state index contributed by atoms with van der Waals surface area (Å²) in [6.07, 6.45) is 13.2. The Kier molecular flexibility index (Phi) is 48.3. The molecule has 0 unspecified atom stereocenters. The van der Waals surface area contributed by atoms with E-state index < -0.39 is 0 Å². The Morgan fingerprint density at radius 2 is 1.38 bits per heavy atom. The zero-order chi connectivity index (χ0) is 17.4. The summed E-state index contributed by atoms with van der Waals surface area (Å²) in [6, 6.07) is 0. The van der Waals surface area contributed by atoms with Crippen molar-refractivity contribution in [1.82, 2.24) is 0 Å². The molecule has 0 N–H and O–H groups in total. The Hall–Kier alpha value is -1.31. The summed E-state index contributed by atoms with van der Waals surface area (Å²) in [6.45, 7) is 18.4. The molecule has 0 aliphatic rings. The first kappa shape index (κ1) is 27.9. The number of carbonyl (C=O) groups excluding carboxylic acids is 1. The van der Waals surface area contributed by atoms with E-state index in [1.807, 2.05) is 26.8 Å². The highest BCUT2D eigenvalue weighted by atomic mass is 16.5. The second-order valence-corrected chi connectivity index (χ2v) is 4.28. The van der Waals surface area contributed by atoms with E-state index in [4.69, 9.17) is 0 Å². The van der Waals surface area contributed by atoms with Gasteiger partial charge in [0.1, 0.15) is 0 Å². The topological polar surface area (TPSA) is 26.3 Å². The van der Waals surface area contributed by atoms with Gasteiger partial charge in [-0.15, -0.1) is 19.7 Å². The minimum atomic E-state index is -0.105. The summed E-state index contributed by atoms with van der Waals surface area (Å²) < 4.78 is 4.41. The Morgan fingerprint density at radius 3 is 1.67 bits per heavy atom. The molecule has 0 atom stereocenters. The van der Waals surface area contributed by atoms with Gasteiger partial charge in [-0.05, 0) is 33.1 Å². The highest BCUT2D eigenvalue weighted by molar-refractivity contribution is 5.68. The summed E-state index contributed by atoms with van der Waals surface area (Å²) in [5.74, 6) is -0.105. The van der Waals surface area contributed by atoms with Crippen molar-refractivity contribution >= 4 is 5.97 Å². The van der Waals surface area contributed by atoms with Crippen LogP contribution in [0.2, 0.25) is 0 Å². The first-order valence-electron chi connectivity index (χ1n) is 7.87. The second-order valence-electron chi connectivity index (χ2n) is 4.28. The van der Waals surface area contributed by atoms with E-state index in [2.05, 4.69) is 31.4 Å². The molecule has 0 amide bonds. The van der Waals surface area contributed by atoms with Crippen molar-refractivity contribution in [2.24, 2.45) is 0 Å². The van der Waals surface area contributed by atoms with Crippen LogP contribution in [0.15, 0.2) is 38.0 Å². The van der Waals surface area contributed by atoms with Crippen LogP contribution >= 0.6 is 0 Å². The van der Waals surface area contributed by atoms with Crippen LogP contribution in [0.4, 0.5) is 0 Å². The molecule has 0 aromatic rings. The van der Waals surface area contributed by atoms with E-state index in [9.17, 15) is 4.79 Å². The lowest BCUT2D eigenvalue weighted by Gasteiger charge is -1.93. The Labute approximate surface area is 134 Å². The maximum atomic E-state index is 10.3. The molecule has 0 radical (unpaired) electrons. The minimum absolute atomic E-state index is 0.105. The number of methoxy groups -OCH3 is 1. The molecular weight excluding hydrogens is 260 g/mol. The molecule has 0 heterocycles. The number of esters is 1. The highest BCUT2D eigenvalue weighted by Crippen LogP contribution is 1.97. The van der Waals surface area contributed by atoms with E-state index in [0.717, 1.165) is 12.8 Å². The summed E-state index contributed by atoms with van der Waals surface area (Å²) in [5.41, 5.74) is 0. The standard InChI is InChI=1S/C7H14.C6H12O2.2C3H6/c1-3-5-7-6-4-2;1-3-4-5-6(7)8-2;2*1-3-2/h3H,1,4-7H2,2H3;3-5H2,1-2H3;2*3H,1H2,2H3. The van der Waals surface area contributed by atoms with Gasteiger partial charge in [0.15, 0.2) is 0 Å². The Morgan fingerprint density at radius 1 is 0.952 bits per heavy atom. The van der Waals surface area contributed by atoms with Gasteiger partial charge in [-0.1, -0.05) is 51.3 Å². The number of allylic oxidation sites excluding steroid dienone is 3. The van der Waals surface area contributed by atoms with E-state index >= 15 is 0 Å². The lowest BCUT2D eigenvalue weighted by atomic mass is 10.2. The predicted molar refractivity (Wildman–Crippen MR) is 97.6 cm³/mol. The second kappa shape index (κ2) is 36.3. The van der Waals surface area contributed by atoms with Crippen molar-refractivity contribution in [3.8, 4) is 0 Å². The fourth-order valence-corrected chi connectivity index (χ4v) is 0.962. The maximum Gasteiger partial charge on any atom is 0.305 e. The third kappa shape index (κ3) is 68.9. The van der Waals surface area contributed by atoms with Crippen LogP contribution in [0.1, 0.15) is 72.6 Å². The average Bonchev–Trinajstić information content (AvgIpc) is 2.47. The summed E-state index contributed by atoms with van der Waals surface area (Å²) in [5, 5.41) is 0. The normalized spacial score (nSPS) is 7.48. The van der Waals surface area contributed by atoms with Gasteiger partial charge < -0.3 is 4.74 Å². The van der Waals surface area contributed by atoms with E-state index in [-0.39, 0.29) is 5.97 Å². The third-order valence-electron chi connectivity index (χ3n) is 1.97. The molecule has 0 aromatic heterocycles. The number of ether oxygens (including phenoxy) is 1. The van der Waals surface area contributed by atoms with Crippen LogP contribution in [-0.4, -0.2) is 13.1 Å². The molecular formula is C19H38O2. The molecule has 0 aliphatic carbocycles. The average molecular weight is 299 g/mol. The molecule has 0 spiro atoms. The molecule has 0 bridgehead atoms. The van der Waals surface area contributed by atoms with Gasteiger partial charge in [-0.25, -0.2) is 0 Å². The smallest absolute Gasteiger partial charge is 0.305 e. The fourth-order valence-electron chi connectivity index (χ4n) is 0.962. The van der Waals surface area contributed by atoms with Gasteiger partial charge in [-0.2, -0.15) is 0 Å². The molecule has 0 saturated carbocycles. The van der Waals surface area contributed by atoms with E-state index in [1.54, 1.807) is 12.2 Å². The maximum absolute atomic E-state index is 10.3. The van der Waals surface area contributed by atoms with E-state index in [1.165, 1.54) is 32.8 Å². The lowest BCUT2D eigenvalue weighted by molar-refractivity contribution is -0.140. The molecule has 0 rings (SSSR count). The van der Waals surface area contributed by atoms with Gasteiger partial charge in [0.05, 0.1) is 7.11 Å². The van der Waals surface area contributed by atoms with Crippen LogP contribution in [0.25, 0.3) is 0 Å². The van der Waals surface area contributed by atoms with Crippen molar-refractivity contribution in [1.29, 1.82) is 0 Å². The molecule has 0 aliphatic heterocycles. The van der Waals surface area contributed by atoms with Gasteiger partial charge in [-0.3, -0.25) is 4.79 Å². The molecule has 0 saturated heterocycles. The van der Waals surface area contributed by atoms with Crippen molar-refractivity contribution < 1.29 is 9.53 Å². The largest absolute Gasteiger partial charge is 0.469 e. The quantitative estimate of drug-likeness (QED) is 0.305. The van der Waals surface area contributed by atoms with Gasteiger partial charge in [0.25, 0.3) is 0 Å². The monoisotopic (exact) mass is 298 g/mol. The van der Waals surface area contributed by atoms with Crippen LogP contribution in [-0.2, 0) is 9.53 Å². The fraction of sp³-hybridized carbons (Fsp3) is 0.632. The Balaban J connectivity index is -0.000000101. The lowest BCUT2D eigenvalue weighted by Crippen LogP contribution is -1.98. The van der Waals surface area contributed by atoms with Gasteiger partial charge >= 0.3 is 5.97 Å². The predicted octanol–water partition coefficient (Wildman–Crippen LogP) is 6.49. The zero-order valence-corrected chi connectivity index (χ0v) is 15.1. The van der Waals surface area contributed by atoms with Gasteiger partial charge in [0.2, 0.25) is 0 Å². The zero-order valence-electron chi connectivity index (χ0n) is 15.1. The first-order chi connectivity index (χ1) is 10.1. The molecule has 2 nitrogen and oxygen atoms in total. The molecule has 0 aromatic carbocycles. The number of unbranched alkanes of at least 4 members (excludes halogenated alkanes) is 4. The molecule has 2 heteroatoms. The molecule has 126 valence electrons. The minimum Gasteiger partial charge on any atom is -0.469 e. The summed E-state index contributed by atoms with van der Waals surface area (Å²) in [4.78, 5) is 10.3. The number of carbonyl (C=O) groups is 1. The van der Waals surface area contributed by atoms with Gasteiger partial charge in [0, 0.05) is 6.42 Å². The molecule has 0 fully saturated rings. The van der Waals surface area contributed by atoms with Crippen LogP contribution in [0.5, 0.6) is 0 Å². The third-order valence-corrected chi connectivity index (χ3v) is 1.97. The van der Waals surface area contributed by atoms with Crippen LogP contribution in [0.3, 0.4) is 0 Å². The SMILES string of the molecule is C=CC.C=CC.C=CCCCCC.CCCCC(=O)OC.